The Bertz CT molecular complexity index is 1360. The fraction of sp³-hybridized carbons (Fsp3) is 0.581. The highest BCUT2D eigenvalue weighted by Crippen LogP contribution is 2.71. The molecule has 42 heavy (non-hydrogen) atoms. The average molecular weight is 596 g/mol. The molecule has 226 valence electrons. The minimum atomic E-state index is -0.848. The number of aliphatic hydroxyl groups is 1. The van der Waals surface area contributed by atoms with Crippen LogP contribution in [0.5, 0.6) is 0 Å². The van der Waals surface area contributed by atoms with E-state index in [4.69, 9.17) is 4.74 Å². The van der Waals surface area contributed by atoms with Crippen molar-refractivity contribution < 1.29 is 24.2 Å². The molecular weight excluding hydrogens is 554 g/mol. The van der Waals surface area contributed by atoms with E-state index in [0.717, 1.165) is 30.3 Å². The predicted molar refractivity (Wildman–Crippen MR) is 161 cm³/mol. The molecule has 6 atom stereocenters. The van der Waals surface area contributed by atoms with Crippen LogP contribution in [0.1, 0.15) is 52.4 Å². The fourth-order valence-corrected chi connectivity index (χ4v) is 9.52. The van der Waals surface area contributed by atoms with Gasteiger partial charge < -0.3 is 19.6 Å². The van der Waals surface area contributed by atoms with Gasteiger partial charge in [-0.15, -0.1) is 30.0 Å². The Morgan fingerprint density at radius 1 is 1.26 bits per heavy atom. The molecule has 0 saturated carbocycles. The van der Waals surface area contributed by atoms with E-state index in [1.807, 2.05) is 44.2 Å². The van der Waals surface area contributed by atoms with Crippen molar-refractivity contribution in [3.63, 3.8) is 0 Å². The largest absolute Gasteiger partial charge is 0.465 e. The zero-order chi connectivity index (χ0) is 30.1. The number of aromatic nitrogens is 3. The zero-order valence-electron chi connectivity index (χ0n) is 24.5. The first-order valence-corrected chi connectivity index (χ1v) is 15.7. The summed E-state index contributed by atoms with van der Waals surface area (Å²) in [5.41, 5.74) is 1.51. The van der Waals surface area contributed by atoms with Gasteiger partial charge in [0.05, 0.1) is 41.4 Å². The van der Waals surface area contributed by atoms with E-state index >= 15 is 0 Å². The van der Waals surface area contributed by atoms with Crippen LogP contribution in [-0.4, -0.2) is 89.0 Å². The first-order valence-electron chi connectivity index (χ1n) is 14.8. The molecule has 3 aliphatic heterocycles. The Morgan fingerprint density at radius 3 is 2.76 bits per heavy atom. The molecule has 10 nitrogen and oxygen atoms in total. The predicted octanol–water partition coefficient (Wildman–Crippen LogP) is 3.56. The second-order valence-electron chi connectivity index (χ2n) is 11.7. The summed E-state index contributed by atoms with van der Waals surface area (Å²) < 4.78 is 6.10. The number of fused-ring (bicyclic) bond motifs is 2. The molecule has 4 heterocycles. The molecule has 11 heteroatoms. The van der Waals surface area contributed by atoms with E-state index in [9.17, 15) is 19.5 Å². The summed E-state index contributed by atoms with van der Waals surface area (Å²) in [7, 11) is 0. The van der Waals surface area contributed by atoms with Gasteiger partial charge in [0, 0.05) is 11.3 Å². The summed E-state index contributed by atoms with van der Waals surface area (Å²) in [6.45, 7) is 11.9. The fourth-order valence-electron chi connectivity index (χ4n) is 7.19. The summed E-state index contributed by atoms with van der Waals surface area (Å²) >= 11 is 1.60. The van der Waals surface area contributed by atoms with Crippen LogP contribution in [0.4, 0.5) is 0 Å². The third-order valence-electron chi connectivity index (χ3n) is 9.21. The number of carbonyl (C=O) groups excluding carboxylic acids is 3. The van der Waals surface area contributed by atoms with Crippen molar-refractivity contribution in [2.24, 2.45) is 11.8 Å². The standard InChI is InChI=1S/C31H41N5O5S/c1-5-8-9-12-18-41-29(40)25-24-27(38)36(21(7-3)19-37)26(31(24)16-15-30(25,4)42-31)28(39)34(17-6-2)20-35-23-14-11-10-13-22(23)32-33-35/h5-6,10-11,13-14,21,24-26,37H,1-2,7-9,12,15-20H2,3-4H3/t21-,24-,25+,26?,30-,31?/m0/s1. The monoisotopic (exact) mass is 595 g/mol. The molecule has 1 N–H and O–H groups in total. The second-order valence-corrected chi connectivity index (χ2v) is 13.6. The zero-order valence-corrected chi connectivity index (χ0v) is 25.3. The minimum absolute atomic E-state index is 0.124. The van der Waals surface area contributed by atoms with Gasteiger partial charge in [0.1, 0.15) is 18.2 Å². The van der Waals surface area contributed by atoms with Gasteiger partial charge in [0.25, 0.3) is 0 Å². The summed E-state index contributed by atoms with van der Waals surface area (Å²) in [4.78, 5) is 45.9. The van der Waals surface area contributed by atoms with E-state index in [1.54, 1.807) is 32.3 Å². The van der Waals surface area contributed by atoms with E-state index in [1.165, 1.54) is 0 Å². The molecule has 0 radical (unpaired) electrons. The molecular formula is C31H41N5O5S. The van der Waals surface area contributed by atoms with E-state index in [0.29, 0.717) is 19.3 Å². The van der Waals surface area contributed by atoms with Crippen LogP contribution in [0, 0.1) is 11.8 Å². The molecule has 3 aliphatic rings. The first-order chi connectivity index (χ1) is 20.3. The minimum Gasteiger partial charge on any atom is -0.465 e. The Morgan fingerprint density at radius 2 is 2.05 bits per heavy atom. The summed E-state index contributed by atoms with van der Waals surface area (Å²) in [6.07, 6.45) is 7.74. The number of benzene rings is 1. The number of para-hydroxylation sites is 1. The van der Waals surface area contributed by atoms with Crippen LogP contribution in [0.3, 0.4) is 0 Å². The highest BCUT2D eigenvalue weighted by atomic mass is 32.2. The number of hydrogen-bond acceptors (Lipinski definition) is 8. The number of thioether (sulfide) groups is 1. The number of nitrogens with zero attached hydrogens (tertiary/aromatic N) is 5. The van der Waals surface area contributed by atoms with Crippen LogP contribution in [0.2, 0.25) is 0 Å². The Hall–Kier alpha value is -3.18. The van der Waals surface area contributed by atoms with Crippen LogP contribution in [0.15, 0.2) is 49.6 Å². The topological polar surface area (TPSA) is 118 Å². The van der Waals surface area contributed by atoms with E-state index in [-0.39, 0.29) is 44.2 Å². The maximum atomic E-state index is 14.7. The number of carbonyl (C=O) groups is 3. The maximum Gasteiger partial charge on any atom is 0.311 e. The Labute approximate surface area is 251 Å². The van der Waals surface area contributed by atoms with Crippen molar-refractivity contribution in [3.8, 4) is 0 Å². The van der Waals surface area contributed by atoms with Crippen molar-refractivity contribution in [2.75, 3.05) is 19.8 Å². The highest BCUT2D eigenvalue weighted by molar-refractivity contribution is 8.02. The SMILES string of the molecule is C=CCCCCOC(=O)[C@H]1[C@H]2C(=O)N([C@@H](CC)CO)C(C(=O)N(CC=C)Cn3nnc4ccccc43)C23CC[C@]1(C)S3. The Kier molecular flexibility index (Phi) is 8.80. The van der Waals surface area contributed by atoms with Gasteiger partial charge in [-0.25, -0.2) is 4.68 Å². The third-order valence-corrected chi connectivity index (χ3v) is 11.2. The van der Waals surface area contributed by atoms with Crippen molar-refractivity contribution >= 4 is 40.6 Å². The molecule has 2 unspecified atom stereocenters. The third kappa shape index (κ3) is 4.94. The molecule has 3 fully saturated rings. The molecule has 1 spiro atoms. The van der Waals surface area contributed by atoms with Crippen LogP contribution >= 0.6 is 11.8 Å². The number of esters is 1. The molecule has 2 aromatic rings. The quantitative estimate of drug-likeness (QED) is 0.200. The van der Waals surface area contributed by atoms with Gasteiger partial charge in [-0.05, 0) is 57.6 Å². The average Bonchev–Trinajstić information content (AvgIpc) is 3.69. The molecule has 1 aromatic heterocycles. The van der Waals surface area contributed by atoms with Gasteiger partial charge in [-0.2, -0.15) is 0 Å². The molecule has 3 saturated heterocycles. The van der Waals surface area contributed by atoms with Gasteiger partial charge in [0.2, 0.25) is 11.8 Å². The van der Waals surface area contributed by atoms with Gasteiger partial charge in [-0.1, -0.05) is 36.4 Å². The summed E-state index contributed by atoms with van der Waals surface area (Å²) in [5.74, 6) is -2.22. The van der Waals surface area contributed by atoms with Gasteiger partial charge in [0.15, 0.2) is 0 Å². The second kappa shape index (κ2) is 12.2. The van der Waals surface area contributed by atoms with Crippen molar-refractivity contribution in [1.29, 1.82) is 0 Å². The highest BCUT2D eigenvalue weighted by Gasteiger charge is 2.78. The number of rotatable bonds is 14. The van der Waals surface area contributed by atoms with Gasteiger partial charge >= 0.3 is 5.97 Å². The lowest BCUT2D eigenvalue weighted by Crippen LogP contribution is -2.57. The number of aliphatic hydroxyl groups excluding tert-OH is 1. The number of hydrogen-bond donors (Lipinski definition) is 1. The Balaban J connectivity index is 1.49. The smallest absolute Gasteiger partial charge is 0.311 e. The normalized spacial score (nSPS) is 28.6. The number of unbranched alkanes of at least 4 members (excludes halogenated alkanes) is 2. The van der Waals surface area contributed by atoms with Gasteiger partial charge in [-0.3, -0.25) is 14.4 Å². The lowest BCUT2D eigenvalue weighted by atomic mass is 9.66. The number of amides is 2. The lowest BCUT2D eigenvalue weighted by Gasteiger charge is -2.39. The molecule has 2 bridgehead atoms. The molecule has 2 amide bonds. The number of allylic oxidation sites excluding steroid dienone is 1. The number of ether oxygens (including phenoxy) is 1. The molecule has 0 aliphatic carbocycles. The van der Waals surface area contributed by atoms with Crippen LogP contribution in [0.25, 0.3) is 11.0 Å². The number of likely N-dealkylation sites (tertiary alicyclic amines) is 1. The maximum absolute atomic E-state index is 14.7. The van der Waals surface area contributed by atoms with Crippen molar-refractivity contribution in [2.45, 2.75) is 80.6 Å². The molecule has 5 rings (SSSR count). The summed E-state index contributed by atoms with van der Waals surface area (Å²) in [6, 6.07) is 6.13. The summed E-state index contributed by atoms with van der Waals surface area (Å²) in [5, 5.41) is 18.9. The van der Waals surface area contributed by atoms with Crippen LogP contribution < -0.4 is 0 Å². The van der Waals surface area contributed by atoms with E-state index in [2.05, 4.69) is 23.5 Å². The lowest BCUT2D eigenvalue weighted by molar-refractivity contribution is -0.156. The van der Waals surface area contributed by atoms with E-state index < -0.39 is 33.4 Å². The first kappa shape index (κ1) is 30.3. The van der Waals surface area contributed by atoms with Crippen molar-refractivity contribution in [1.82, 2.24) is 24.8 Å². The van der Waals surface area contributed by atoms with Crippen molar-refractivity contribution in [3.05, 3.63) is 49.6 Å². The van der Waals surface area contributed by atoms with Crippen LogP contribution in [-0.2, 0) is 25.8 Å². The molecule has 1 aromatic carbocycles.